The van der Waals surface area contributed by atoms with E-state index >= 15 is 0 Å². The molecule has 1 atom stereocenters. The van der Waals surface area contributed by atoms with Crippen LogP contribution in [0, 0.1) is 0 Å². The number of likely N-dealkylation sites (N-methyl/N-ethyl adjacent to an activating group) is 1. The van der Waals surface area contributed by atoms with E-state index in [9.17, 15) is 18.0 Å². The van der Waals surface area contributed by atoms with Gasteiger partial charge in [0.2, 0.25) is 0 Å². The third kappa shape index (κ3) is 3.59. The van der Waals surface area contributed by atoms with Crippen molar-refractivity contribution in [2.45, 2.75) is 18.8 Å². The lowest BCUT2D eigenvalue weighted by molar-refractivity contribution is -0.141. The highest BCUT2D eigenvalue weighted by molar-refractivity contribution is 6.10. The van der Waals surface area contributed by atoms with Crippen LogP contribution in [0.4, 0.5) is 19.0 Å². The molecule has 3 aromatic heterocycles. The maximum atomic E-state index is 13.3. The summed E-state index contributed by atoms with van der Waals surface area (Å²) >= 11 is 0. The van der Waals surface area contributed by atoms with Gasteiger partial charge in [-0.15, -0.1) is 0 Å². The summed E-state index contributed by atoms with van der Waals surface area (Å²) in [4.78, 5) is 31.0. The number of halogens is 3. The molecular weight excluding hydrogens is 437 g/mol. The number of pyridine rings is 2. The van der Waals surface area contributed by atoms with Gasteiger partial charge in [-0.1, -0.05) is 6.07 Å². The molecule has 1 aromatic carbocycles. The Hall–Kier alpha value is -3.86. The van der Waals surface area contributed by atoms with E-state index in [2.05, 4.69) is 19.9 Å². The van der Waals surface area contributed by atoms with Crippen LogP contribution in [0.5, 0.6) is 0 Å². The van der Waals surface area contributed by atoms with Crippen molar-refractivity contribution < 1.29 is 22.7 Å². The minimum atomic E-state index is -4.56. The van der Waals surface area contributed by atoms with E-state index in [-0.39, 0.29) is 30.6 Å². The van der Waals surface area contributed by atoms with Crippen molar-refractivity contribution in [3.63, 3.8) is 0 Å². The van der Waals surface area contributed by atoms with Gasteiger partial charge in [0.1, 0.15) is 17.5 Å². The summed E-state index contributed by atoms with van der Waals surface area (Å²) in [5.41, 5.74) is 7.13. The van der Waals surface area contributed by atoms with Crippen molar-refractivity contribution in [2.75, 3.05) is 19.4 Å². The van der Waals surface area contributed by atoms with Gasteiger partial charge in [-0.05, 0) is 24.3 Å². The van der Waals surface area contributed by atoms with E-state index in [1.54, 1.807) is 31.4 Å². The molecular formula is C22H17F3N6O2. The number of hydrogen-bond donors (Lipinski definition) is 1. The van der Waals surface area contributed by atoms with Crippen molar-refractivity contribution in [1.29, 1.82) is 0 Å². The van der Waals surface area contributed by atoms with E-state index < -0.39 is 17.9 Å². The van der Waals surface area contributed by atoms with Gasteiger partial charge in [-0.25, -0.2) is 19.9 Å². The van der Waals surface area contributed by atoms with Crippen LogP contribution < -0.4 is 5.73 Å². The molecule has 1 amide bonds. The number of hydrogen-bond acceptors (Lipinski definition) is 7. The number of carbonyl (C=O) groups is 1. The third-order valence-corrected chi connectivity index (χ3v) is 5.69. The molecule has 0 saturated carbocycles. The number of ether oxygens (including phenoxy) is 1. The highest BCUT2D eigenvalue weighted by Gasteiger charge is 2.35. The summed E-state index contributed by atoms with van der Waals surface area (Å²) < 4.78 is 44.6. The second-order valence-corrected chi connectivity index (χ2v) is 7.69. The summed E-state index contributed by atoms with van der Waals surface area (Å²) in [7, 11) is 1.58. The van der Waals surface area contributed by atoms with Gasteiger partial charge in [0.05, 0.1) is 30.5 Å². The van der Waals surface area contributed by atoms with Crippen LogP contribution in [0.2, 0.25) is 0 Å². The molecule has 0 radical (unpaired) electrons. The van der Waals surface area contributed by atoms with Crippen molar-refractivity contribution in [2.24, 2.45) is 0 Å². The zero-order chi connectivity index (χ0) is 23.3. The molecule has 0 aliphatic carbocycles. The fraction of sp³-hybridized carbons (Fsp3) is 0.227. The predicted molar refractivity (Wildman–Crippen MR) is 113 cm³/mol. The van der Waals surface area contributed by atoms with Crippen LogP contribution in [0.15, 0.2) is 42.9 Å². The molecule has 33 heavy (non-hydrogen) atoms. The van der Waals surface area contributed by atoms with E-state index in [1.807, 2.05) is 0 Å². The summed E-state index contributed by atoms with van der Waals surface area (Å²) in [5, 5.41) is 1.32. The molecule has 11 heteroatoms. The average molecular weight is 454 g/mol. The molecule has 4 heterocycles. The van der Waals surface area contributed by atoms with Gasteiger partial charge < -0.3 is 15.4 Å². The number of aromatic nitrogens is 4. The highest BCUT2D eigenvalue weighted by atomic mass is 19.4. The summed E-state index contributed by atoms with van der Waals surface area (Å²) in [6.07, 6.45) is -1.58. The zero-order valence-electron chi connectivity index (χ0n) is 17.3. The first kappa shape index (κ1) is 21.0. The number of amides is 1. The van der Waals surface area contributed by atoms with E-state index in [0.717, 1.165) is 6.07 Å². The number of benzene rings is 1. The Labute approximate surface area is 185 Å². The molecule has 0 fully saturated rings. The first-order chi connectivity index (χ1) is 15.7. The van der Waals surface area contributed by atoms with E-state index in [4.69, 9.17) is 10.5 Å². The predicted octanol–water partition coefficient (Wildman–Crippen LogP) is 3.52. The molecule has 2 N–H and O–H groups in total. The molecule has 5 rings (SSSR count). The van der Waals surface area contributed by atoms with Gasteiger partial charge in [-0.2, -0.15) is 13.2 Å². The Morgan fingerprint density at radius 2 is 2.00 bits per heavy atom. The van der Waals surface area contributed by atoms with E-state index in [1.165, 1.54) is 17.3 Å². The Balaban J connectivity index is 1.52. The Morgan fingerprint density at radius 1 is 1.18 bits per heavy atom. The first-order valence-electron chi connectivity index (χ1n) is 9.95. The molecule has 168 valence electrons. The summed E-state index contributed by atoms with van der Waals surface area (Å²) in [6, 6.07) is 6.69. The third-order valence-electron chi connectivity index (χ3n) is 5.69. The molecule has 4 aromatic rings. The number of rotatable bonds is 2. The maximum absolute atomic E-state index is 13.3. The summed E-state index contributed by atoms with van der Waals surface area (Å²) in [6.45, 7) is 0.0948. The van der Waals surface area contributed by atoms with Crippen LogP contribution >= 0.6 is 0 Å². The van der Waals surface area contributed by atoms with Crippen LogP contribution in [0.25, 0.3) is 21.8 Å². The SMILES string of the molecule is CN(C(=O)c1ccc2nc(N)c3ncncc3c2c1)[C@@H]1COCc2nc(C(F)(F)F)ccc21. The first-order valence-corrected chi connectivity index (χ1v) is 9.95. The topological polar surface area (TPSA) is 107 Å². The lowest BCUT2D eigenvalue weighted by atomic mass is 10.00. The maximum Gasteiger partial charge on any atom is 0.433 e. The second kappa shape index (κ2) is 7.62. The number of nitrogens with zero attached hydrogens (tertiary/aromatic N) is 5. The number of alkyl halides is 3. The number of anilines is 1. The van der Waals surface area contributed by atoms with Gasteiger partial charge in [0, 0.05) is 35.1 Å². The van der Waals surface area contributed by atoms with Crippen molar-refractivity contribution in [1.82, 2.24) is 24.8 Å². The molecule has 0 saturated heterocycles. The lowest BCUT2D eigenvalue weighted by Gasteiger charge is -2.33. The normalized spacial score (nSPS) is 16.1. The number of nitrogens with two attached hydrogens (primary N) is 1. The fourth-order valence-corrected chi connectivity index (χ4v) is 4.01. The zero-order valence-corrected chi connectivity index (χ0v) is 17.3. The number of carbonyl (C=O) groups excluding carboxylic acids is 1. The van der Waals surface area contributed by atoms with Crippen LogP contribution in [0.3, 0.4) is 0 Å². The Bertz CT molecular complexity index is 1410. The van der Waals surface area contributed by atoms with E-state index in [0.29, 0.717) is 32.9 Å². The monoisotopic (exact) mass is 454 g/mol. The molecule has 8 nitrogen and oxygen atoms in total. The smallest absolute Gasteiger partial charge is 0.382 e. The quantitative estimate of drug-likeness (QED) is 0.462. The van der Waals surface area contributed by atoms with Gasteiger partial charge >= 0.3 is 6.18 Å². The largest absolute Gasteiger partial charge is 0.433 e. The van der Waals surface area contributed by atoms with Gasteiger partial charge in [0.25, 0.3) is 5.91 Å². The molecule has 1 aliphatic heterocycles. The minimum Gasteiger partial charge on any atom is -0.382 e. The molecule has 0 unspecified atom stereocenters. The van der Waals surface area contributed by atoms with Crippen molar-refractivity contribution >= 4 is 33.5 Å². The van der Waals surface area contributed by atoms with Crippen LogP contribution in [-0.2, 0) is 17.5 Å². The van der Waals surface area contributed by atoms with Crippen molar-refractivity contribution in [3.8, 4) is 0 Å². The average Bonchev–Trinajstić information content (AvgIpc) is 2.82. The standard InChI is InChI=1S/C22H17F3N6O2/c1-31(17-9-33-8-16-12(17)3-5-18(29-16)22(23,24)25)21(32)11-2-4-15-13(6-11)14-7-27-10-28-19(14)20(26)30-15/h2-7,10,17H,8-9H2,1H3,(H2,26,30)/t17-/m1/s1. The van der Waals surface area contributed by atoms with Crippen molar-refractivity contribution in [3.05, 3.63) is 65.4 Å². The van der Waals surface area contributed by atoms with Crippen LogP contribution in [-0.4, -0.2) is 44.4 Å². The molecule has 1 aliphatic rings. The molecule has 0 spiro atoms. The lowest BCUT2D eigenvalue weighted by Crippen LogP contribution is -2.36. The second-order valence-electron chi connectivity index (χ2n) is 7.69. The minimum absolute atomic E-state index is 0.0488. The summed E-state index contributed by atoms with van der Waals surface area (Å²) in [5.74, 6) is -0.0714. The van der Waals surface area contributed by atoms with Gasteiger partial charge in [-0.3, -0.25) is 4.79 Å². The van der Waals surface area contributed by atoms with Gasteiger partial charge in [0.15, 0.2) is 5.82 Å². The molecule has 0 bridgehead atoms. The Morgan fingerprint density at radius 3 is 2.79 bits per heavy atom. The Kier molecular flexibility index (Phi) is 4.85. The number of nitrogen functional groups attached to an aromatic ring is 1. The highest BCUT2D eigenvalue weighted by Crippen LogP contribution is 2.34. The van der Waals surface area contributed by atoms with Crippen LogP contribution in [0.1, 0.15) is 33.4 Å². The fourth-order valence-electron chi connectivity index (χ4n) is 4.01. The number of fused-ring (bicyclic) bond motifs is 4.